The molecule has 2 heterocycles. The lowest BCUT2D eigenvalue weighted by Gasteiger charge is -2.31. The summed E-state index contributed by atoms with van der Waals surface area (Å²) in [5.74, 6) is 0.858. The van der Waals surface area contributed by atoms with E-state index in [4.69, 9.17) is 9.47 Å². The third-order valence-electron chi connectivity index (χ3n) is 5.21. The van der Waals surface area contributed by atoms with E-state index in [9.17, 15) is 4.79 Å². The molecule has 3 aromatic rings. The summed E-state index contributed by atoms with van der Waals surface area (Å²) in [5.41, 5.74) is 2.11. The summed E-state index contributed by atoms with van der Waals surface area (Å²) in [6, 6.07) is 17.9. The van der Waals surface area contributed by atoms with Crippen LogP contribution >= 0.6 is 11.3 Å². The Morgan fingerprint density at radius 2 is 1.83 bits per heavy atom. The number of amides is 1. The summed E-state index contributed by atoms with van der Waals surface area (Å²) in [6.07, 6.45) is 4.42. The lowest BCUT2D eigenvalue weighted by Crippen LogP contribution is -2.42. The van der Waals surface area contributed by atoms with Gasteiger partial charge >= 0.3 is 6.09 Å². The molecule has 4 rings (SSSR count). The van der Waals surface area contributed by atoms with Crippen molar-refractivity contribution >= 4 is 17.4 Å². The Labute approximate surface area is 181 Å². The minimum absolute atomic E-state index is 0.112. The Kier molecular flexibility index (Phi) is 6.64. The van der Waals surface area contributed by atoms with Crippen LogP contribution in [0.5, 0.6) is 5.75 Å². The number of carbonyl (C=O) groups is 1. The van der Waals surface area contributed by atoms with Crippen molar-refractivity contribution in [2.24, 2.45) is 0 Å². The van der Waals surface area contributed by atoms with Crippen LogP contribution in [-0.4, -0.2) is 35.2 Å². The molecule has 0 N–H and O–H groups in total. The summed E-state index contributed by atoms with van der Waals surface area (Å²) < 4.78 is 11.6. The average molecular weight is 423 g/mol. The average Bonchev–Trinajstić information content (AvgIpc) is 3.29. The molecule has 0 atom stereocenters. The Hall–Kier alpha value is -2.86. The standard InChI is InChI=1S/C24H26N2O3S/c1-2-22-16-25-23(30-22)19-8-10-20(11-9-19)29-21-12-14-26(15-13-21)24(27)28-17-18-6-4-3-5-7-18/h3-11,16,21H,2,12-15,17H2,1H3. The lowest BCUT2D eigenvalue weighted by molar-refractivity contribution is 0.0638. The van der Waals surface area contributed by atoms with Crippen molar-refractivity contribution in [2.75, 3.05) is 13.1 Å². The van der Waals surface area contributed by atoms with Gasteiger partial charge in [0.05, 0.1) is 0 Å². The van der Waals surface area contributed by atoms with Gasteiger partial charge in [0, 0.05) is 42.6 Å². The van der Waals surface area contributed by atoms with Gasteiger partial charge in [-0.2, -0.15) is 0 Å². The number of aryl methyl sites for hydroxylation is 1. The third-order valence-corrected chi connectivity index (χ3v) is 6.40. The molecular weight excluding hydrogens is 396 g/mol. The predicted molar refractivity (Wildman–Crippen MR) is 119 cm³/mol. The minimum atomic E-state index is -0.253. The first-order chi connectivity index (χ1) is 14.7. The zero-order valence-electron chi connectivity index (χ0n) is 17.1. The molecule has 1 saturated heterocycles. The van der Waals surface area contributed by atoms with Crippen molar-refractivity contribution in [3.05, 3.63) is 71.2 Å². The number of carbonyl (C=O) groups excluding carboxylic acids is 1. The zero-order valence-corrected chi connectivity index (χ0v) is 17.9. The van der Waals surface area contributed by atoms with Crippen LogP contribution in [0.4, 0.5) is 4.79 Å². The molecule has 1 aliphatic rings. The molecule has 1 amide bonds. The van der Waals surface area contributed by atoms with E-state index >= 15 is 0 Å². The second-order valence-corrected chi connectivity index (χ2v) is 8.47. The zero-order chi connectivity index (χ0) is 20.8. The molecule has 30 heavy (non-hydrogen) atoms. The fraction of sp³-hybridized carbons (Fsp3) is 0.333. The van der Waals surface area contributed by atoms with E-state index in [1.54, 1.807) is 16.2 Å². The Morgan fingerprint density at radius 1 is 1.10 bits per heavy atom. The van der Waals surface area contributed by atoms with Gasteiger partial charge in [0.15, 0.2) is 0 Å². The van der Waals surface area contributed by atoms with Crippen LogP contribution < -0.4 is 4.74 Å². The first-order valence-corrected chi connectivity index (χ1v) is 11.2. The number of likely N-dealkylation sites (tertiary alicyclic amines) is 1. The third kappa shape index (κ3) is 5.19. The SMILES string of the molecule is CCc1cnc(-c2ccc(OC3CCN(C(=O)OCc4ccccc4)CC3)cc2)s1. The maximum atomic E-state index is 12.3. The van der Waals surface area contributed by atoms with E-state index < -0.39 is 0 Å². The number of rotatable bonds is 6. The molecular formula is C24H26N2O3S. The fourth-order valence-corrected chi connectivity index (χ4v) is 4.30. The molecule has 0 radical (unpaired) electrons. The maximum Gasteiger partial charge on any atom is 0.410 e. The van der Waals surface area contributed by atoms with Gasteiger partial charge in [-0.25, -0.2) is 9.78 Å². The van der Waals surface area contributed by atoms with Crippen LogP contribution in [0.2, 0.25) is 0 Å². The van der Waals surface area contributed by atoms with Gasteiger partial charge in [0.2, 0.25) is 0 Å². The second kappa shape index (κ2) is 9.76. The summed E-state index contributed by atoms with van der Waals surface area (Å²) in [4.78, 5) is 19.8. The smallest absolute Gasteiger partial charge is 0.410 e. The quantitative estimate of drug-likeness (QED) is 0.522. The normalized spacial score (nSPS) is 14.5. The number of benzene rings is 2. The predicted octanol–water partition coefficient (Wildman–Crippen LogP) is 5.55. The molecule has 156 valence electrons. The van der Waals surface area contributed by atoms with Crippen LogP contribution in [-0.2, 0) is 17.8 Å². The Morgan fingerprint density at radius 3 is 2.50 bits per heavy atom. The fourth-order valence-electron chi connectivity index (χ4n) is 3.44. The molecule has 0 spiro atoms. The highest BCUT2D eigenvalue weighted by molar-refractivity contribution is 7.15. The van der Waals surface area contributed by atoms with Gasteiger partial charge in [-0.3, -0.25) is 0 Å². The summed E-state index contributed by atoms with van der Waals surface area (Å²) >= 11 is 1.73. The Bertz CT molecular complexity index is 948. The van der Waals surface area contributed by atoms with E-state index in [0.29, 0.717) is 19.7 Å². The van der Waals surface area contributed by atoms with Crippen molar-refractivity contribution < 1.29 is 14.3 Å². The monoisotopic (exact) mass is 422 g/mol. The van der Waals surface area contributed by atoms with Gasteiger partial charge in [0.25, 0.3) is 0 Å². The van der Waals surface area contributed by atoms with Gasteiger partial charge in [0.1, 0.15) is 23.5 Å². The van der Waals surface area contributed by atoms with E-state index in [-0.39, 0.29) is 12.2 Å². The number of hydrogen-bond donors (Lipinski definition) is 0. The van der Waals surface area contributed by atoms with Gasteiger partial charge in [-0.15, -0.1) is 11.3 Å². The van der Waals surface area contributed by atoms with Crippen molar-refractivity contribution in [1.29, 1.82) is 0 Å². The molecule has 0 saturated carbocycles. The number of aromatic nitrogens is 1. The number of thiazole rings is 1. The number of nitrogens with zero attached hydrogens (tertiary/aromatic N) is 2. The molecule has 6 heteroatoms. The molecule has 1 fully saturated rings. The van der Waals surface area contributed by atoms with Crippen molar-refractivity contribution in [2.45, 2.75) is 38.9 Å². The molecule has 5 nitrogen and oxygen atoms in total. The molecule has 1 aliphatic heterocycles. The molecule has 0 unspecified atom stereocenters. The summed E-state index contributed by atoms with van der Waals surface area (Å²) in [5, 5.41) is 1.04. The van der Waals surface area contributed by atoms with Crippen LogP contribution in [0.1, 0.15) is 30.2 Å². The van der Waals surface area contributed by atoms with E-state index in [2.05, 4.69) is 24.0 Å². The highest BCUT2D eigenvalue weighted by Gasteiger charge is 2.25. The summed E-state index contributed by atoms with van der Waals surface area (Å²) in [6.45, 7) is 3.74. The molecule has 1 aromatic heterocycles. The van der Waals surface area contributed by atoms with Crippen molar-refractivity contribution in [1.82, 2.24) is 9.88 Å². The van der Waals surface area contributed by atoms with Gasteiger partial charge in [-0.05, 0) is 36.2 Å². The number of hydrogen-bond acceptors (Lipinski definition) is 5. The van der Waals surface area contributed by atoms with E-state index in [0.717, 1.165) is 41.1 Å². The highest BCUT2D eigenvalue weighted by atomic mass is 32.1. The van der Waals surface area contributed by atoms with Crippen molar-refractivity contribution in [3.8, 4) is 16.3 Å². The van der Waals surface area contributed by atoms with Crippen LogP contribution in [0.3, 0.4) is 0 Å². The second-order valence-electron chi connectivity index (χ2n) is 7.35. The number of piperidine rings is 1. The molecule has 0 aliphatic carbocycles. The maximum absolute atomic E-state index is 12.3. The lowest BCUT2D eigenvalue weighted by atomic mass is 10.1. The van der Waals surface area contributed by atoms with Crippen LogP contribution in [0.15, 0.2) is 60.8 Å². The van der Waals surface area contributed by atoms with Crippen LogP contribution in [0.25, 0.3) is 10.6 Å². The highest BCUT2D eigenvalue weighted by Crippen LogP contribution is 2.28. The van der Waals surface area contributed by atoms with Gasteiger partial charge < -0.3 is 14.4 Å². The van der Waals surface area contributed by atoms with Crippen LogP contribution in [0, 0.1) is 0 Å². The van der Waals surface area contributed by atoms with Gasteiger partial charge in [-0.1, -0.05) is 37.3 Å². The molecule has 2 aromatic carbocycles. The molecule has 0 bridgehead atoms. The largest absolute Gasteiger partial charge is 0.490 e. The summed E-state index contributed by atoms with van der Waals surface area (Å²) in [7, 11) is 0. The first-order valence-electron chi connectivity index (χ1n) is 10.4. The first kappa shape index (κ1) is 20.4. The Balaban J connectivity index is 1.24. The topological polar surface area (TPSA) is 51.7 Å². The van der Waals surface area contributed by atoms with Crippen molar-refractivity contribution in [3.63, 3.8) is 0 Å². The van der Waals surface area contributed by atoms with E-state index in [1.807, 2.05) is 48.7 Å². The minimum Gasteiger partial charge on any atom is -0.490 e. The number of ether oxygens (including phenoxy) is 2. The van der Waals surface area contributed by atoms with E-state index in [1.165, 1.54) is 4.88 Å².